The highest BCUT2D eigenvalue weighted by Crippen LogP contribution is 2.30. The van der Waals surface area contributed by atoms with E-state index in [4.69, 9.17) is 9.15 Å². The Labute approximate surface area is 181 Å². The van der Waals surface area contributed by atoms with Gasteiger partial charge in [-0.2, -0.15) is 0 Å². The Kier molecular flexibility index (Phi) is 5.95. The number of carbonyl (C=O) groups is 1. The van der Waals surface area contributed by atoms with Crippen molar-refractivity contribution in [1.82, 2.24) is 5.32 Å². The zero-order chi connectivity index (χ0) is 20.9. The molecule has 150 valence electrons. The molecule has 0 saturated heterocycles. The average Bonchev–Trinajstić information content (AvgIpc) is 2.77. The molecule has 6 heteroatoms. The summed E-state index contributed by atoms with van der Waals surface area (Å²) in [5, 5.41) is 3.35. The second-order valence-electron chi connectivity index (χ2n) is 6.71. The molecule has 1 aromatic heterocycles. The molecule has 3 aromatic carbocycles. The predicted molar refractivity (Wildman–Crippen MR) is 119 cm³/mol. The van der Waals surface area contributed by atoms with Crippen LogP contribution in [-0.4, -0.2) is 5.91 Å². The molecule has 0 fully saturated rings. The lowest BCUT2D eigenvalue weighted by Gasteiger charge is -2.10. The van der Waals surface area contributed by atoms with Gasteiger partial charge in [-0.1, -0.05) is 76.6 Å². The van der Waals surface area contributed by atoms with E-state index in [0.717, 1.165) is 15.6 Å². The molecular formula is C24H18BrNO4. The molecule has 0 aliphatic carbocycles. The number of rotatable bonds is 6. The summed E-state index contributed by atoms with van der Waals surface area (Å²) in [4.78, 5) is 25.1. The van der Waals surface area contributed by atoms with Crippen molar-refractivity contribution >= 4 is 32.8 Å². The molecule has 0 bridgehead atoms. The Morgan fingerprint density at radius 1 is 0.933 bits per heavy atom. The Balaban J connectivity index is 1.60. The Morgan fingerprint density at radius 2 is 1.60 bits per heavy atom. The van der Waals surface area contributed by atoms with Crippen LogP contribution >= 0.6 is 15.9 Å². The highest BCUT2D eigenvalue weighted by Gasteiger charge is 2.16. The zero-order valence-electron chi connectivity index (χ0n) is 15.9. The Morgan fingerprint density at radius 3 is 2.30 bits per heavy atom. The quantitative estimate of drug-likeness (QED) is 0.405. The lowest BCUT2D eigenvalue weighted by molar-refractivity contribution is 0.0947. The second-order valence-corrected chi connectivity index (χ2v) is 7.63. The normalized spacial score (nSPS) is 10.7. The van der Waals surface area contributed by atoms with Gasteiger partial charge in [0, 0.05) is 16.4 Å². The fourth-order valence-electron chi connectivity index (χ4n) is 3.04. The van der Waals surface area contributed by atoms with Crippen molar-refractivity contribution in [3.63, 3.8) is 0 Å². The number of hydrogen-bond acceptors (Lipinski definition) is 4. The van der Waals surface area contributed by atoms with Crippen molar-refractivity contribution in [2.75, 3.05) is 0 Å². The topological polar surface area (TPSA) is 68.5 Å². The van der Waals surface area contributed by atoms with Gasteiger partial charge in [0.1, 0.15) is 12.2 Å². The minimum Gasteiger partial charge on any atom is -0.485 e. The summed E-state index contributed by atoms with van der Waals surface area (Å²) >= 11 is 3.45. The molecule has 0 saturated carbocycles. The molecular weight excluding hydrogens is 446 g/mol. The van der Waals surface area contributed by atoms with E-state index in [1.165, 1.54) is 6.07 Å². The van der Waals surface area contributed by atoms with Crippen molar-refractivity contribution in [2.45, 2.75) is 13.2 Å². The van der Waals surface area contributed by atoms with Gasteiger partial charge >= 0.3 is 5.63 Å². The molecule has 0 unspecified atom stereocenters. The summed E-state index contributed by atoms with van der Waals surface area (Å²) in [6, 6.07) is 24.2. The van der Waals surface area contributed by atoms with Crippen LogP contribution in [0.1, 0.15) is 21.5 Å². The van der Waals surface area contributed by atoms with Crippen molar-refractivity contribution in [2.24, 2.45) is 0 Å². The van der Waals surface area contributed by atoms with Crippen LogP contribution in [0.4, 0.5) is 0 Å². The van der Waals surface area contributed by atoms with E-state index in [1.54, 1.807) is 12.1 Å². The van der Waals surface area contributed by atoms with Crippen LogP contribution in [0.25, 0.3) is 11.0 Å². The van der Waals surface area contributed by atoms with Crippen LogP contribution in [0.15, 0.2) is 92.5 Å². The highest BCUT2D eigenvalue weighted by atomic mass is 79.9. The average molecular weight is 464 g/mol. The smallest absolute Gasteiger partial charge is 0.349 e. The summed E-state index contributed by atoms with van der Waals surface area (Å²) in [5.74, 6) is -0.0576. The van der Waals surface area contributed by atoms with E-state index in [0.29, 0.717) is 29.9 Å². The first-order valence-corrected chi connectivity index (χ1v) is 10.2. The zero-order valence-corrected chi connectivity index (χ0v) is 17.5. The first-order valence-electron chi connectivity index (χ1n) is 9.36. The molecule has 1 heterocycles. The third-order valence-corrected chi connectivity index (χ3v) is 5.00. The van der Waals surface area contributed by atoms with Gasteiger partial charge in [-0.05, 0) is 29.3 Å². The number of benzene rings is 3. The van der Waals surface area contributed by atoms with Gasteiger partial charge in [0.2, 0.25) is 0 Å². The van der Waals surface area contributed by atoms with E-state index in [1.807, 2.05) is 60.7 Å². The second kappa shape index (κ2) is 8.97. The molecule has 5 nitrogen and oxygen atoms in total. The number of carbonyl (C=O) groups excluding carboxylic acids is 1. The SMILES string of the molecule is O=C(NCc1ccccc1)c1cc2cc(Br)cc(OCc3ccccc3)c2oc1=O. The van der Waals surface area contributed by atoms with Gasteiger partial charge < -0.3 is 14.5 Å². The van der Waals surface area contributed by atoms with Gasteiger partial charge in [-0.25, -0.2) is 4.79 Å². The largest absolute Gasteiger partial charge is 0.485 e. The number of hydrogen-bond donors (Lipinski definition) is 1. The fourth-order valence-corrected chi connectivity index (χ4v) is 3.50. The van der Waals surface area contributed by atoms with Gasteiger partial charge in [0.15, 0.2) is 11.3 Å². The lowest BCUT2D eigenvalue weighted by atomic mass is 10.1. The maximum Gasteiger partial charge on any atom is 0.349 e. The van der Waals surface area contributed by atoms with Crippen LogP contribution in [0, 0.1) is 0 Å². The molecule has 0 spiro atoms. The molecule has 0 atom stereocenters. The third-order valence-electron chi connectivity index (χ3n) is 4.54. The van der Waals surface area contributed by atoms with Crippen LogP contribution in [0.2, 0.25) is 0 Å². The lowest BCUT2D eigenvalue weighted by Crippen LogP contribution is -2.27. The highest BCUT2D eigenvalue weighted by molar-refractivity contribution is 9.10. The molecule has 0 aliphatic rings. The van der Waals surface area contributed by atoms with Crippen molar-refractivity contribution in [1.29, 1.82) is 0 Å². The monoisotopic (exact) mass is 463 g/mol. The standard InChI is InChI=1S/C24H18BrNO4/c25-19-11-18-12-20(23(27)26-14-16-7-3-1-4-8-16)24(28)30-22(18)21(13-19)29-15-17-9-5-2-6-10-17/h1-13H,14-15H2,(H,26,27). The Hall–Kier alpha value is -3.38. The van der Waals surface area contributed by atoms with E-state index in [2.05, 4.69) is 21.2 Å². The van der Waals surface area contributed by atoms with Crippen molar-refractivity contribution < 1.29 is 13.9 Å². The summed E-state index contributed by atoms with van der Waals surface area (Å²) in [6.45, 7) is 0.649. The molecule has 4 rings (SSSR count). The van der Waals surface area contributed by atoms with E-state index in [9.17, 15) is 9.59 Å². The first-order chi connectivity index (χ1) is 14.6. The number of ether oxygens (including phenoxy) is 1. The van der Waals surface area contributed by atoms with Gasteiger partial charge in [-0.3, -0.25) is 4.79 Å². The van der Waals surface area contributed by atoms with Crippen LogP contribution in [0.3, 0.4) is 0 Å². The van der Waals surface area contributed by atoms with E-state index < -0.39 is 11.5 Å². The first kappa shape index (κ1) is 19.9. The molecule has 0 aliphatic heterocycles. The summed E-state index contributed by atoms with van der Waals surface area (Å²) in [6.07, 6.45) is 0. The summed E-state index contributed by atoms with van der Waals surface area (Å²) in [5.41, 5.74) is 1.48. The molecule has 0 radical (unpaired) electrons. The maximum absolute atomic E-state index is 12.5. The molecule has 1 amide bonds. The van der Waals surface area contributed by atoms with Crippen LogP contribution in [-0.2, 0) is 13.2 Å². The van der Waals surface area contributed by atoms with Gasteiger partial charge in [0.25, 0.3) is 5.91 Å². The molecule has 30 heavy (non-hydrogen) atoms. The van der Waals surface area contributed by atoms with Crippen molar-refractivity contribution in [3.05, 3.63) is 110 Å². The number of fused-ring (bicyclic) bond motifs is 1. The maximum atomic E-state index is 12.5. The van der Waals surface area contributed by atoms with E-state index >= 15 is 0 Å². The Bertz CT molecular complexity index is 1240. The summed E-state index contributed by atoms with van der Waals surface area (Å²) in [7, 11) is 0. The number of halogens is 1. The summed E-state index contributed by atoms with van der Waals surface area (Å²) < 4.78 is 12.1. The number of nitrogens with one attached hydrogen (secondary N) is 1. The van der Waals surface area contributed by atoms with E-state index in [-0.39, 0.29) is 5.56 Å². The van der Waals surface area contributed by atoms with Gasteiger partial charge in [0.05, 0.1) is 0 Å². The molecule has 4 aromatic rings. The minimum atomic E-state index is -0.708. The van der Waals surface area contributed by atoms with Crippen molar-refractivity contribution in [3.8, 4) is 5.75 Å². The minimum absolute atomic E-state index is 0.0504. The van der Waals surface area contributed by atoms with Gasteiger partial charge in [-0.15, -0.1) is 0 Å². The predicted octanol–water partition coefficient (Wildman–Crippen LogP) is 5.06. The molecule has 1 N–H and O–H groups in total. The fraction of sp³-hybridized carbons (Fsp3) is 0.0833. The third kappa shape index (κ3) is 4.60. The van der Waals surface area contributed by atoms with Crippen LogP contribution < -0.4 is 15.7 Å². The van der Waals surface area contributed by atoms with Crippen LogP contribution in [0.5, 0.6) is 5.75 Å². The number of amides is 1.